The Labute approximate surface area is 169 Å². The summed E-state index contributed by atoms with van der Waals surface area (Å²) in [7, 11) is -3.90. The van der Waals surface area contributed by atoms with Crippen LogP contribution in [0.1, 0.15) is 21.5 Å². The number of carbonyl (C=O) groups is 1. The highest BCUT2D eigenvalue weighted by Crippen LogP contribution is 2.19. The molecule has 3 aromatic rings. The van der Waals surface area contributed by atoms with Gasteiger partial charge in [0.1, 0.15) is 10.6 Å². The Bertz CT molecular complexity index is 1120. The summed E-state index contributed by atoms with van der Waals surface area (Å²) in [6.45, 7) is 1.87. The average Bonchev–Trinajstić information content (AvgIpc) is 2.70. The van der Waals surface area contributed by atoms with E-state index >= 15 is 0 Å². The molecule has 0 fully saturated rings. The first-order valence-electron chi connectivity index (χ1n) is 8.64. The number of carbonyl (C=O) groups excluding carboxylic acids is 1. The summed E-state index contributed by atoms with van der Waals surface area (Å²) in [6, 6.07) is 19.1. The van der Waals surface area contributed by atoms with Crippen molar-refractivity contribution in [1.82, 2.24) is 5.43 Å². The molecular weight excluding hydrogens is 390 g/mol. The lowest BCUT2D eigenvalue weighted by Gasteiger charge is -2.07. The Balaban J connectivity index is 1.61. The van der Waals surface area contributed by atoms with Crippen molar-refractivity contribution in [2.75, 3.05) is 5.73 Å². The summed E-state index contributed by atoms with van der Waals surface area (Å²) in [5, 5.41) is 3.89. The van der Waals surface area contributed by atoms with E-state index in [1.54, 1.807) is 48.5 Å². The van der Waals surface area contributed by atoms with Crippen LogP contribution < -0.4 is 15.3 Å². The number of hydrazone groups is 1. The van der Waals surface area contributed by atoms with Gasteiger partial charge in [0.15, 0.2) is 0 Å². The molecule has 0 aromatic heterocycles. The highest BCUT2D eigenvalue weighted by molar-refractivity contribution is 7.87. The van der Waals surface area contributed by atoms with Crippen LogP contribution in [0.5, 0.6) is 5.75 Å². The molecule has 3 aromatic carbocycles. The van der Waals surface area contributed by atoms with E-state index in [2.05, 4.69) is 10.5 Å². The summed E-state index contributed by atoms with van der Waals surface area (Å²) in [5.41, 5.74) is 10.6. The molecule has 8 heteroatoms. The van der Waals surface area contributed by atoms with Crippen LogP contribution >= 0.6 is 0 Å². The third-order valence-corrected chi connectivity index (χ3v) is 5.21. The van der Waals surface area contributed by atoms with Crippen LogP contribution in [0.3, 0.4) is 0 Å². The largest absolute Gasteiger partial charge is 0.399 e. The molecule has 3 rings (SSSR count). The van der Waals surface area contributed by atoms with Gasteiger partial charge in [-0.2, -0.15) is 13.5 Å². The fourth-order valence-electron chi connectivity index (χ4n) is 2.35. The van der Waals surface area contributed by atoms with Crippen molar-refractivity contribution < 1.29 is 17.4 Å². The third-order valence-electron chi connectivity index (χ3n) is 3.95. The second-order valence-electron chi connectivity index (χ2n) is 6.24. The first-order valence-corrected chi connectivity index (χ1v) is 10.0. The van der Waals surface area contributed by atoms with Gasteiger partial charge in [-0.1, -0.05) is 17.7 Å². The molecule has 0 aliphatic rings. The van der Waals surface area contributed by atoms with E-state index in [4.69, 9.17) is 9.92 Å². The second kappa shape index (κ2) is 8.57. The van der Waals surface area contributed by atoms with Crippen molar-refractivity contribution in [2.24, 2.45) is 5.10 Å². The first kappa shape index (κ1) is 20.1. The van der Waals surface area contributed by atoms with E-state index in [0.717, 1.165) is 5.56 Å². The number of anilines is 1. The summed E-state index contributed by atoms with van der Waals surface area (Å²) in [4.78, 5) is 12.0. The highest BCUT2D eigenvalue weighted by atomic mass is 32.2. The minimum absolute atomic E-state index is 0.0825. The quantitative estimate of drug-likeness (QED) is 0.281. The van der Waals surface area contributed by atoms with Gasteiger partial charge < -0.3 is 9.92 Å². The molecule has 0 heterocycles. The molecule has 0 aliphatic carbocycles. The predicted molar refractivity (Wildman–Crippen MR) is 111 cm³/mol. The van der Waals surface area contributed by atoms with Gasteiger partial charge in [-0.05, 0) is 73.2 Å². The van der Waals surface area contributed by atoms with Crippen molar-refractivity contribution in [3.8, 4) is 5.75 Å². The summed E-state index contributed by atoms with van der Waals surface area (Å²) in [6.07, 6.45) is 1.44. The number of hydrogen-bond acceptors (Lipinski definition) is 6. The normalized spacial score (nSPS) is 11.3. The number of nitrogens with two attached hydrogens (primary N) is 1. The molecule has 0 radical (unpaired) electrons. The van der Waals surface area contributed by atoms with E-state index < -0.39 is 10.1 Å². The number of benzene rings is 3. The van der Waals surface area contributed by atoms with Crippen LogP contribution in [0.25, 0.3) is 0 Å². The molecule has 0 spiro atoms. The summed E-state index contributed by atoms with van der Waals surface area (Å²) < 4.78 is 29.7. The van der Waals surface area contributed by atoms with Crippen LogP contribution in [0.2, 0.25) is 0 Å². The van der Waals surface area contributed by atoms with E-state index in [0.29, 0.717) is 16.8 Å². The molecule has 7 nitrogen and oxygen atoms in total. The maximum Gasteiger partial charge on any atom is 0.339 e. The number of amides is 1. The molecule has 148 valence electrons. The van der Waals surface area contributed by atoms with Crippen molar-refractivity contribution in [3.63, 3.8) is 0 Å². The Kier molecular flexibility index (Phi) is 5.94. The molecular formula is C21H19N3O4S. The maximum absolute atomic E-state index is 12.3. The molecule has 0 atom stereocenters. The molecule has 0 saturated heterocycles. The minimum Gasteiger partial charge on any atom is -0.399 e. The third kappa shape index (κ3) is 5.43. The molecule has 1 amide bonds. The van der Waals surface area contributed by atoms with Gasteiger partial charge in [-0.15, -0.1) is 0 Å². The van der Waals surface area contributed by atoms with Crippen molar-refractivity contribution in [2.45, 2.75) is 11.8 Å². The van der Waals surface area contributed by atoms with Crippen LogP contribution in [0.15, 0.2) is 82.8 Å². The van der Waals surface area contributed by atoms with Gasteiger partial charge in [0.2, 0.25) is 0 Å². The zero-order valence-electron chi connectivity index (χ0n) is 15.6. The fraction of sp³-hybridized carbons (Fsp3) is 0.0476. The van der Waals surface area contributed by atoms with E-state index in [1.807, 2.05) is 6.92 Å². The Morgan fingerprint density at radius 3 is 2.21 bits per heavy atom. The number of hydrogen-bond donors (Lipinski definition) is 2. The molecule has 0 aliphatic heterocycles. The summed E-state index contributed by atoms with van der Waals surface area (Å²) in [5.74, 6) is -0.195. The summed E-state index contributed by atoms with van der Waals surface area (Å²) >= 11 is 0. The zero-order valence-corrected chi connectivity index (χ0v) is 16.4. The predicted octanol–water partition coefficient (Wildman–Crippen LogP) is 3.11. The van der Waals surface area contributed by atoms with Gasteiger partial charge in [0, 0.05) is 11.3 Å². The van der Waals surface area contributed by atoms with Gasteiger partial charge in [-0.25, -0.2) is 5.43 Å². The van der Waals surface area contributed by atoms with Crippen LogP contribution in [-0.4, -0.2) is 20.5 Å². The van der Waals surface area contributed by atoms with E-state index in [1.165, 1.54) is 30.5 Å². The fourth-order valence-corrected chi connectivity index (χ4v) is 3.28. The first-order chi connectivity index (χ1) is 13.8. The highest BCUT2D eigenvalue weighted by Gasteiger charge is 2.16. The zero-order chi connectivity index (χ0) is 20.9. The molecule has 29 heavy (non-hydrogen) atoms. The van der Waals surface area contributed by atoms with Gasteiger partial charge in [0.05, 0.1) is 6.21 Å². The molecule has 0 saturated carbocycles. The lowest BCUT2D eigenvalue weighted by Crippen LogP contribution is -2.17. The molecule has 3 N–H and O–H groups in total. The van der Waals surface area contributed by atoms with Crippen LogP contribution in [0.4, 0.5) is 5.69 Å². The van der Waals surface area contributed by atoms with Crippen LogP contribution in [-0.2, 0) is 10.1 Å². The number of nitrogen functional groups attached to an aromatic ring is 1. The molecule has 0 bridgehead atoms. The van der Waals surface area contributed by atoms with Gasteiger partial charge >= 0.3 is 10.1 Å². The molecule has 0 unspecified atom stereocenters. The van der Waals surface area contributed by atoms with Crippen LogP contribution in [0, 0.1) is 6.92 Å². The Hall–Kier alpha value is -3.65. The topological polar surface area (TPSA) is 111 Å². The Morgan fingerprint density at radius 2 is 1.59 bits per heavy atom. The lowest BCUT2D eigenvalue weighted by atomic mass is 10.2. The smallest absolute Gasteiger partial charge is 0.339 e. The number of rotatable bonds is 6. The maximum atomic E-state index is 12.3. The van der Waals surface area contributed by atoms with Crippen molar-refractivity contribution in [1.29, 1.82) is 0 Å². The van der Waals surface area contributed by atoms with E-state index in [-0.39, 0.29) is 16.6 Å². The standard InChI is InChI=1S/C21H19N3O4S/c1-15-2-12-20(13-3-15)29(26,27)28-19-10-4-16(5-11-19)14-23-24-21(25)17-6-8-18(22)9-7-17/h2-14H,22H2,1H3,(H,24,25)/b23-14-. The number of nitrogens with one attached hydrogen (secondary N) is 1. The average molecular weight is 409 g/mol. The van der Waals surface area contributed by atoms with Gasteiger partial charge in [0.25, 0.3) is 5.91 Å². The van der Waals surface area contributed by atoms with Crippen molar-refractivity contribution in [3.05, 3.63) is 89.5 Å². The number of aryl methyl sites for hydroxylation is 1. The van der Waals surface area contributed by atoms with Crippen molar-refractivity contribution >= 4 is 27.9 Å². The monoisotopic (exact) mass is 409 g/mol. The number of nitrogens with zero attached hydrogens (tertiary/aromatic N) is 1. The van der Waals surface area contributed by atoms with E-state index in [9.17, 15) is 13.2 Å². The lowest BCUT2D eigenvalue weighted by molar-refractivity contribution is 0.0955. The Morgan fingerprint density at radius 1 is 0.966 bits per heavy atom. The SMILES string of the molecule is Cc1ccc(S(=O)(=O)Oc2ccc(/C=N\NC(=O)c3ccc(N)cc3)cc2)cc1. The second-order valence-corrected chi connectivity index (χ2v) is 7.79. The van der Waals surface area contributed by atoms with Gasteiger partial charge in [-0.3, -0.25) is 4.79 Å². The minimum atomic E-state index is -3.90.